The van der Waals surface area contributed by atoms with Crippen LogP contribution in [0, 0.1) is 0 Å². The summed E-state index contributed by atoms with van der Waals surface area (Å²) in [5.74, 6) is 2.41. The van der Waals surface area contributed by atoms with Gasteiger partial charge in [-0.25, -0.2) is 0 Å². The van der Waals surface area contributed by atoms with Crippen molar-refractivity contribution in [2.24, 2.45) is 0 Å². The number of hydrogen-bond donors (Lipinski definition) is 2. The normalized spacial score (nSPS) is 18.7. The Bertz CT molecular complexity index is 214. The quantitative estimate of drug-likeness (QED) is 0.717. The van der Waals surface area contributed by atoms with Crippen molar-refractivity contribution < 1.29 is 4.79 Å². The van der Waals surface area contributed by atoms with Gasteiger partial charge in [-0.05, 0) is 27.1 Å². The SMILES string of the molecule is CN(C)CCCNC(=O)CC1CSCCN1.Cl.Cl. The zero-order valence-corrected chi connectivity index (χ0v) is 13.6. The van der Waals surface area contributed by atoms with E-state index >= 15 is 0 Å². The summed E-state index contributed by atoms with van der Waals surface area (Å²) < 4.78 is 0. The molecule has 1 atom stereocenters. The van der Waals surface area contributed by atoms with Crippen molar-refractivity contribution in [3.63, 3.8) is 0 Å². The highest BCUT2D eigenvalue weighted by Gasteiger charge is 2.15. The molecule has 0 saturated carbocycles. The summed E-state index contributed by atoms with van der Waals surface area (Å²) in [7, 11) is 4.09. The predicted molar refractivity (Wildman–Crippen MR) is 84.4 cm³/mol. The smallest absolute Gasteiger partial charge is 0.221 e. The number of carbonyl (C=O) groups is 1. The van der Waals surface area contributed by atoms with Gasteiger partial charge in [-0.15, -0.1) is 24.8 Å². The number of thioether (sulfide) groups is 1. The molecule has 18 heavy (non-hydrogen) atoms. The van der Waals surface area contributed by atoms with Gasteiger partial charge >= 0.3 is 0 Å². The monoisotopic (exact) mass is 317 g/mol. The Morgan fingerprint density at radius 3 is 2.72 bits per heavy atom. The topological polar surface area (TPSA) is 44.4 Å². The molecule has 1 aliphatic heterocycles. The molecule has 1 rings (SSSR count). The van der Waals surface area contributed by atoms with Crippen molar-refractivity contribution in [1.29, 1.82) is 0 Å². The second kappa shape index (κ2) is 12.4. The molecule has 2 N–H and O–H groups in total. The van der Waals surface area contributed by atoms with Crippen LogP contribution in [0.2, 0.25) is 0 Å². The lowest BCUT2D eigenvalue weighted by Gasteiger charge is -2.22. The van der Waals surface area contributed by atoms with Gasteiger partial charge in [-0.2, -0.15) is 11.8 Å². The average molecular weight is 318 g/mol. The number of amides is 1. The highest BCUT2D eigenvalue weighted by molar-refractivity contribution is 7.99. The van der Waals surface area contributed by atoms with Gasteiger partial charge in [-0.3, -0.25) is 4.79 Å². The fraction of sp³-hybridized carbons (Fsp3) is 0.909. The molecule has 1 fully saturated rings. The van der Waals surface area contributed by atoms with Gasteiger partial charge in [0, 0.05) is 37.1 Å². The van der Waals surface area contributed by atoms with E-state index in [2.05, 4.69) is 15.5 Å². The maximum Gasteiger partial charge on any atom is 0.221 e. The van der Waals surface area contributed by atoms with E-state index in [1.807, 2.05) is 25.9 Å². The first-order valence-electron chi connectivity index (χ1n) is 5.91. The predicted octanol–water partition coefficient (Wildman–Crippen LogP) is 0.993. The molecule has 0 aromatic rings. The molecular weight excluding hydrogens is 293 g/mol. The van der Waals surface area contributed by atoms with Crippen molar-refractivity contribution in [2.75, 3.05) is 45.2 Å². The number of nitrogens with zero attached hydrogens (tertiary/aromatic N) is 1. The van der Waals surface area contributed by atoms with Gasteiger partial charge in [0.05, 0.1) is 0 Å². The van der Waals surface area contributed by atoms with Crippen LogP contribution in [0.25, 0.3) is 0 Å². The lowest BCUT2D eigenvalue weighted by atomic mass is 10.2. The summed E-state index contributed by atoms with van der Waals surface area (Å²) in [4.78, 5) is 13.7. The third-order valence-corrected chi connectivity index (χ3v) is 3.67. The number of hydrogen-bond acceptors (Lipinski definition) is 4. The lowest BCUT2D eigenvalue weighted by Crippen LogP contribution is -2.41. The van der Waals surface area contributed by atoms with E-state index in [1.54, 1.807) is 0 Å². The molecule has 110 valence electrons. The first-order valence-corrected chi connectivity index (χ1v) is 7.06. The van der Waals surface area contributed by atoms with E-state index in [0.29, 0.717) is 12.5 Å². The molecule has 7 heteroatoms. The van der Waals surface area contributed by atoms with Gasteiger partial charge in [0.2, 0.25) is 5.91 Å². The van der Waals surface area contributed by atoms with Gasteiger partial charge in [-0.1, -0.05) is 0 Å². The molecule has 1 aliphatic rings. The van der Waals surface area contributed by atoms with Crippen LogP contribution in [0.3, 0.4) is 0 Å². The first kappa shape index (κ1) is 20.6. The fourth-order valence-electron chi connectivity index (χ4n) is 1.67. The van der Waals surface area contributed by atoms with E-state index in [0.717, 1.165) is 31.8 Å². The Hall–Kier alpha value is 0.320. The van der Waals surface area contributed by atoms with E-state index in [4.69, 9.17) is 0 Å². The highest BCUT2D eigenvalue weighted by Crippen LogP contribution is 2.09. The van der Waals surface area contributed by atoms with E-state index < -0.39 is 0 Å². The summed E-state index contributed by atoms with van der Waals surface area (Å²) in [5, 5.41) is 6.34. The number of rotatable bonds is 6. The summed E-state index contributed by atoms with van der Waals surface area (Å²) in [6.45, 7) is 2.85. The Morgan fingerprint density at radius 2 is 2.17 bits per heavy atom. The van der Waals surface area contributed by atoms with Crippen molar-refractivity contribution in [2.45, 2.75) is 18.9 Å². The number of nitrogens with one attached hydrogen (secondary N) is 2. The molecule has 0 aromatic carbocycles. The maximum atomic E-state index is 11.6. The van der Waals surface area contributed by atoms with Crippen LogP contribution in [0.5, 0.6) is 0 Å². The Kier molecular flexibility index (Phi) is 14.2. The summed E-state index contributed by atoms with van der Waals surface area (Å²) in [6.07, 6.45) is 1.64. The van der Waals surface area contributed by atoms with Crippen LogP contribution in [-0.2, 0) is 4.79 Å². The fourth-order valence-corrected chi connectivity index (χ4v) is 2.62. The van der Waals surface area contributed by atoms with Gasteiger partial charge in [0.1, 0.15) is 0 Å². The minimum atomic E-state index is 0. The van der Waals surface area contributed by atoms with Crippen molar-refractivity contribution in [3.05, 3.63) is 0 Å². The average Bonchev–Trinajstić information content (AvgIpc) is 2.25. The molecule has 1 amide bonds. The molecule has 0 bridgehead atoms. The summed E-state index contributed by atoms with van der Waals surface area (Å²) in [6, 6.07) is 0.368. The van der Waals surface area contributed by atoms with Crippen LogP contribution < -0.4 is 10.6 Å². The van der Waals surface area contributed by atoms with Crippen LogP contribution in [0.1, 0.15) is 12.8 Å². The molecule has 0 aromatic heterocycles. The zero-order chi connectivity index (χ0) is 11.8. The molecule has 4 nitrogen and oxygen atoms in total. The van der Waals surface area contributed by atoms with Crippen molar-refractivity contribution in [3.8, 4) is 0 Å². The number of carbonyl (C=O) groups excluding carboxylic acids is 1. The van der Waals surface area contributed by atoms with Crippen LogP contribution in [0.15, 0.2) is 0 Å². The molecule has 1 heterocycles. The largest absolute Gasteiger partial charge is 0.356 e. The minimum absolute atomic E-state index is 0. The molecular formula is C11H25Cl2N3OS. The zero-order valence-electron chi connectivity index (χ0n) is 11.1. The molecule has 1 unspecified atom stereocenters. The van der Waals surface area contributed by atoms with Gasteiger partial charge in [0.25, 0.3) is 0 Å². The second-order valence-electron chi connectivity index (χ2n) is 4.44. The van der Waals surface area contributed by atoms with Gasteiger partial charge in [0.15, 0.2) is 0 Å². The Morgan fingerprint density at radius 1 is 1.44 bits per heavy atom. The highest BCUT2D eigenvalue weighted by atomic mass is 35.5. The Labute approximate surface area is 127 Å². The minimum Gasteiger partial charge on any atom is -0.356 e. The molecule has 1 saturated heterocycles. The van der Waals surface area contributed by atoms with E-state index in [1.165, 1.54) is 5.75 Å². The molecule has 0 spiro atoms. The van der Waals surface area contributed by atoms with Crippen molar-refractivity contribution in [1.82, 2.24) is 15.5 Å². The maximum absolute atomic E-state index is 11.6. The third-order valence-electron chi connectivity index (χ3n) is 2.53. The van der Waals surface area contributed by atoms with E-state index in [-0.39, 0.29) is 30.7 Å². The standard InChI is InChI=1S/C11H23N3OS.2ClH/c1-14(2)6-3-4-13-11(15)8-10-9-16-7-5-12-10;;/h10,12H,3-9H2,1-2H3,(H,13,15);2*1H. The first-order chi connectivity index (χ1) is 7.68. The van der Waals surface area contributed by atoms with Crippen LogP contribution in [-0.4, -0.2) is 62.1 Å². The van der Waals surface area contributed by atoms with Crippen LogP contribution >= 0.6 is 36.6 Å². The van der Waals surface area contributed by atoms with Gasteiger partial charge < -0.3 is 15.5 Å². The van der Waals surface area contributed by atoms with Crippen molar-refractivity contribution >= 4 is 42.5 Å². The van der Waals surface area contributed by atoms with Crippen LogP contribution in [0.4, 0.5) is 0 Å². The number of halogens is 2. The Balaban J connectivity index is 0. The molecule has 0 aliphatic carbocycles. The summed E-state index contributed by atoms with van der Waals surface area (Å²) in [5.41, 5.74) is 0. The third kappa shape index (κ3) is 10.3. The van der Waals surface area contributed by atoms with E-state index in [9.17, 15) is 4.79 Å². The summed E-state index contributed by atoms with van der Waals surface area (Å²) >= 11 is 1.93. The lowest BCUT2D eigenvalue weighted by molar-refractivity contribution is -0.121. The molecule has 0 radical (unpaired) electrons. The second-order valence-corrected chi connectivity index (χ2v) is 5.59.